The van der Waals surface area contributed by atoms with Crippen LogP contribution in [0.2, 0.25) is 0 Å². The summed E-state index contributed by atoms with van der Waals surface area (Å²) in [5, 5.41) is 5.84. The third kappa shape index (κ3) is 4.97. The zero-order valence-corrected chi connectivity index (χ0v) is 17.9. The van der Waals surface area contributed by atoms with Crippen LogP contribution in [0.15, 0.2) is 66.5 Å². The molecule has 28 heavy (non-hydrogen) atoms. The van der Waals surface area contributed by atoms with Gasteiger partial charge in [0.25, 0.3) is 0 Å². The second kappa shape index (κ2) is 8.01. The molecule has 1 N–H and O–H groups in total. The first-order valence-electron chi connectivity index (χ1n) is 9.06. The minimum atomic E-state index is -3.58. The second-order valence-corrected chi connectivity index (χ2v) is 10.00. The van der Waals surface area contributed by atoms with Gasteiger partial charge in [-0.1, -0.05) is 61.6 Å². The summed E-state index contributed by atoms with van der Waals surface area (Å²) >= 11 is 4.62. The van der Waals surface area contributed by atoms with E-state index >= 15 is 0 Å². The van der Waals surface area contributed by atoms with Crippen LogP contribution in [0.4, 0.5) is 0 Å². The maximum Gasteiger partial charge on any atom is 0.233 e. The number of allylic oxidation sites excluding steroid dienone is 8. The molecular formula is C21H25N3O2S2. The number of sulfonamides is 1. The zero-order valence-electron chi connectivity index (χ0n) is 16.2. The smallest absolute Gasteiger partial charge is 0.233 e. The van der Waals surface area contributed by atoms with Crippen LogP contribution in [0.3, 0.4) is 0 Å². The third-order valence-corrected chi connectivity index (χ3v) is 6.33. The molecule has 1 aromatic rings. The van der Waals surface area contributed by atoms with Crippen LogP contribution in [0.25, 0.3) is 11.8 Å². The van der Waals surface area contributed by atoms with Crippen molar-refractivity contribution in [3.8, 4) is 0 Å². The van der Waals surface area contributed by atoms with Crippen molar-refractivity contribution in [2.24, 2.45) is 13.0 Å². The summed E-state index contributed by atoms with van der Waals surface area (Å²) in [7, 11) is -1.78. The fourth-order valence-electron chi connectivity index (χ4n) is 3.21. The topological polar surface area (TPSA) is 64.0 Å². The molecule has 2 atom stereocenters. The van der Waals surface area contributed by atoms with Crippen molar-refractivity contribution in [2.45, 2.75) is 18.6 Å². The van der Waals surface area contributed by atoms with E-state index in [1.54, 1.807) is 24.0 Å². The molecule has 5 nitrogen and oxygen atoms in total. The van der Waals surface area contributed by atoms with E-state index in [2.05, 4.69) is 22.4 Å². The Bertz CT molecular complexity index is 1130. The molecule has 0 radical (unpaired) electrons. The van der Waals surface area contributed by atoms with Crippen molar-refractivity contribution in [1.29, 1.82) is 0 Å². The number of fused-ring (bicyclic) bond motifs is 1. The van der Waals surface area contributed by atoms with Gasteiger partial charge in [0, 0.05) is 17.0 Å². The maximum absolute atomic E-state index is 12.9. The number of hydrogen-bond acceptors (Lipinski definition) is 4. The number of aromatic nitrogens is 2. The highest BCUT2D eigenvalue weighted by atomic mass is 32.2. The number of aryl methyl sites for hydroxylation is 1. The molecule has 2 aliphatic carbocycles. The Morgan fingerprint density at radius 2 is 1.93 bits per heavy atom. The monoisotopic (exact) mass is 415 g/mol. The first-order valence-corrected chi connectivity index (χ1v) is 11.2. The molecule has 0 amide bonds. The number of hydrogen-bond donors (Lipinski definition) is 2. The van der Waals surface area contributed by atoms with Crippen molar-refractivity contribution in [3.05, 3.63) is 77.0 Å². The summed E-state index contributed by atoms with van der Waals surface area (Å²) in [6, 6.07) is 0. The van der Waals surface area contributed by atoms with Gasteiger partial charge in [0.1, 0.15) is 0 Å². The summed E-state index contributed by atoms with van der Waals surface area (Å²) in [5.74, 6) is -0.180. The summed E-state index contributed by atoms with van der Waals surface area (Å²) in [6.45, 7) is 3.86. The molecule has 0 aromatic carbocycles. The van der Waals surface area contributed by atoms with E-state index < -0.39 is 14.8 Å². The van der Waals surface area contributed by atoms with Crippen LogP contribution in [-0.2, 0) is 17.1 Å². The van der Waals surface area contributed by atoms with Crippen LogP contribution < -0.4 is 15.3 Å². The van der Waals surface area contributed by atoms with Gasteiger partial charge in [-0.25, -0.2) is 8.42 Å². The molecule has 0 saturated carbocycles. The molecule has 0 spiro atoms. The number of thiol groups is 1. The second-order valence-electron chi connectivity index (χ2n) is 7.27. The quantitative estimate of drug-likeness (QED) is 0.720. The van der Waals surface area contributed by atoms with Gasteiger partial charge in [-0.15, -0.1) is 0 Å². The average molecular weight is 416 g/mol. The van der Waals surface area contributed by atoms with E-state index in [1.165, 1.54) is 0 Å². The maximum atomic E-state index is 12.9. The van der Waals surface area contributed by atoms with Crippen LogP contribution in [0.5, 0.6) is 0 Å². The van der Waals surface area contributed by atoms with Crippen LogP contribution in [0.1, 0.15) is 13.8 Å². The number of rotatable bonds is 5. The number of nitrogens with one attached hydrogen (secondary N) is 1. The van der Waals surface area contributed by atoms with Crippen molar-refractivity contribution >= 4 is 34.4 Å². The van der Waals surface area contributed by atoms with E-state index in [-0.39, 0.29) is 11.7 Å². The lowest BCUT2D eigenvalue weighted by molar-refractivity contribution is 0.581. The van der Waals surface area contributed by atoms with E-state index in [4.69, 9.17) is 0 Å². The summed E-state index contributed by atoms with van der Waals surface area (Å²) < 4.78 is 29.8. The SMILES string of the molecule is CC(CS(=O)(=O)NC1=c2c(cnn2C)=CC(C)(S)C=C1)C1=C/C=C\C=C/C=C\1. The highest BCUT2D eigenvalue weighted by Gasteiger charge is 2.21. The van der Waals surface area contributed by atoms with Crippen molar-refractivity contribution in [3.63, 3.8) is 0 Å². The summed E-state index contributed by atoms with van der Waals surface area (Å²) in [5.41, 5.74) is 1.46. The molecule has 148 valence electrons. The Hall–Kier alpha value is -2.25. The van der Waals surface area contributed by atoms with Crippen LogP contribution in [-0.4, -0.2) is 28.7 Å². The molecule has 3 rings (SSSR count). The Labute approximate surface area is 171 Å². The minimum Gasteiger partial charge on any atom is -0.281 e. The lowest BCUT2D eigenvalue weighted by Gasteiger charge is -2.16. The van der Waals surface area contributed by atoms with E-state index in [0.717, 1.165) is 16.1 Å². The van der Waals surface area contributed by atoms with Crippen molar-refractivity contribution < 1.29 is 8.42 Å². The molecule has 1 aromatic heterocycles. The van der Waals surface area contributed by atoms with Crippen molar-refractivity contribution in [2.75, 3.05) is 5.75 Å². The Kier molecular flexibility index (Phi) is 5.86. The lowest BCUT2D eigenvalue weighted by Crippen LogP contribution is -2.38. The highest BCUT2D eigenvalue weighted by molar-refractivity contribution is 7.89. The van der Waals surface area contributed by atoms with Gasteiger partial charge in [-0.3, -0.25) is 9.40 Å². The normalized spacial score (nSPS) is 27.9. The fraction of sp³-hybridized carbons (Fsp3) is 0.286. The molecule has 7 heteroatoms. The minimum absolute atomic E-state index is 0.0207. The van der Waals surface area contributed by atoms with E-state index in [0.29, 0.717) is 5.70 Å². The highest BCUT2D eigenvalue weighted by Crippen LogP contribution is 2.20. The first kappa shape index (κ1) is 20.5. The molecule has 2 aliphatic rings. The molecular weight excluding hydrogens is 390 g/mol. The predicted molar refractivity (Wildman–Crippen MR) is 118 cm³/mol. The largest absolute Gasteiger partial charge is 0.281 e. The number of nitrogens with zero attached hydrogens (tertiary/aromatic N) is 2. The van der Waals surface area contributed by atoms with Gasteiger partial charge in [0.05, 0.1) is 23.0 Å². The van der Waals surface area contributed by atoms with Gasteiger partial charge in [0.2, 0.25) is 10.0 Å². The standard InChI is InChI=1S/C21H25N3O2S2/c1-16(17-9-7-5-4-6-8-10-17)15-28(25,26)23-19-11-12-21(2,27)13-18-14-22-24(3)20(18)19/h4-14,16,23,27H,15H2,1-3H3/b5-4-,6-4?,7-5?,8-6-,9-7-,10-8?,17-9?,17-10+. The Balaban J connectivity index is 1.90. The van der Waals surface area contributed by atoms with Gasteiger partial charge in [0.15, 0.2) is 0 Å². The van der Waals surface area contributed by atoms with Gasteiger partial charge in [-0.2, -0.15) is 17.7 Å². The van der Waals surface area contributed by atoms with E-state index in [1.807, 2.05) is 68.5 Å². The molecule has 0 bridgehead atoms. The third-order valence-electron chi connectivity index (χ3n) is 4.58. The lowest BCUT2D eigenvalue weighted by atomic mass is 10.0. The Morgan fingerprint density at radius 3 is 2.71 bits per heavy atom. The molecule has 2 unspecified atom stereocenters. The van der Waals surface area contributed by atoms with Crippen LogP contribution >= 0.6 is 12.6 Å². The molecule has 0 saturated heterocycles. The fourth-order valence-corrected chi connectivity index (χ4v) is 4.86. The molecule has 0 fully saturated rings. The van der Waals surface area contributed by atoms with Crippen molar-refractivity contribution in [1.82, 2.24) is 14.5 Å². The van der Waals surface area contributed by atoms with Crippen LogP contribution in [0, 0.1) is 5.92 Å². The predicted octanol–water partition coefficient (Wildman–Crippen LogP) is 1.73. The molecule has 0 aliphatic heterocycles. The van der Waals surface area contributed by atoms with Gasteiger partial charge in [-0.05, 0) is 24.5 Å². The zero-order chi connectivity index (χ0) is 20.4. The van der Waals surface area contributed by atoms with Gasteiger partial charge >= 0.3 is 0 Å². The summed E-state index contributed by atoms with van der Waals surface area (Å²) in [4.78, 5) is 0. The first-order chi connectivity index (χ1) is 13.2. The molecule has 1 heterocycles. The summed E-state index contributed by atoms with van der Waals surface area (Å²) in [6.07, 6.45) is 20.8. The van der Waals surface area contributed by atoms with Gasteiger partial charge < -0.3 is 0 Å². The average Bonchev–Trinajstić information content (AvgIpc) is 2.84. The van der Waals surface area contributed by atoms with E-state index in [9.17, 15) is 8.42 Å². The Morgan fingerprint density at radius 1 is 1.21 bits per heavy atom.